The number of nitrogens with zero attached hydrogens (tertiary/aromatic N) is 1. The van der Waals surface area contributed by atoms with Crippen molar-refractivity contribution in [3.8, 4) is 0 Å². The normalized spacial score (nSPS) is 11.3. The number of anilines is 1. The molecular weight excluding hydrogens is 265 g/mol. The zero-order valence-corrected chi connectivity index (χ0v) is 11.7. The van der Waals surface area contributed by atoms with Gasteiger partial charge >= 0.3 is 0 Å². The molecule has 0 spiro atoms. The molecule has 1 aromatic carbocycles. The lowest BCUT2D eigenvalue weighted by Gasteiger charge is -2.15. The highest BCUT2D eigenvalue weighted by atomic mass is 19.2. The molecule has 1 heterocycles. The standard InChI is InChI=1S/C15H17F3N2/c1-4-5-19-15-9(8(2)3)6-10-11(16)7-12(17)13(18)14(10)20-15/h6-8H,4-5H2,1-3H3,(H,19,20). The topological polar surface area (TPSA) is 24.9 Å². The molecule has 0 bridgehead atoms. The first-order chi connectivity index (χ1) is 9.45. The summed E-state index contributed by atoms with van der Waals surface area (Å²) in [4.78, 5) is 4.09. The van der Waals surface area contributed by atoms with Crippen LogP contribution >= 0.6 is 0 Å². The number of rotatable bonds is 4. The zero-order valence-electron chi connectivity index (χ0n) is 11.7. The molecule has 2 nitrogen and oxygen atoms in total. The second-order valence-electron chi connectivity index (χ2n) is 5.06. The summed E-state index contributed by atoms with van der Waals surface area (Å²) in [5.74, 6) is -2.55. The van der Waals surface area contributed by atoms with Crippen molar-refractivity contribution in [2.24, 2.45) is 0 Å². The third kappa shape index (κ3) is 2.57. The maximum Gasteiger partial charge on any atom is 0.185 e. The summed E-state index contributed by atoms with van der Waals surface area (Å²) in [5, 5.41) is 3.09. The van der Waals surface area contributed by atoms with Crippen LogP contribution in [-0.2, 0) is 0 Å². The summed E-state index contributed by atoms with van der Waals surface area (Å²) in [6, 6.07) is 2.10. The summed E-state index contributed by atoms with van der Waals surface area (Å²) in [5.41, 5.74) is 0.515. The van der Waals surface area contributed by atoms with Gasteiger partial charge in [-0.15, -0.1) is 0 Å². The lowest BCUT2D eigenvalue weighted by Crippen LogP contribution is -2.08. The van der Waals surface area contributed by atoms with Gasteiger partial charge < -0.3 is 5.32 Å². The van der Waals surface area contributed by atoms with E-state index < -0.39 is 17.5 Å². The molecule has 0 aliphatic rings. The van der Waals surface area contributed by atoms with Gasteiger partial charge in [0.2, 0.25) is 0 Å². The Hall–Kier alpha value is -1.78. The number of benzene rings is 1. The first kappa shape index (κ1) is 14.6. The second-order valence-corrected chi connectivity index (χ2v) is 5.06. The van der Waals surface area contributed by atoms with Gasteiger partial charge in [-0.3, -0.25) is 0 Å². The van der Waals surface area contributed by atoms with Crippen molar-refractivity contribution in [3.05, 3.63) is 35.1 Å². The Labute approximate surface area is 116 Å². The van der Waals surface area contributed by atoms with E-state index >= 15 is 0 Å². The molecule has 108 valence electrons. The Morgan fingerprint density at radius 1 is 1.15 bits per heavy atom. The van der Waals surface area contributed by atoms with E-state index in [-0.39, 0.29) is 16.8 Å². The highest BCUT2D eigenvalue weighted by Gasteiger charge is 2.18. The molecule has 20 heavy (non-hydrogen) atoms. The minimum absolute atomic E-state index is 0.00893. The molecule has 0 aliphatic carbocycles. The summed E-state index contributed by atoms with van der Waals surface area (Å²) in [7, 11) is 0. The van der Waals surface area contributed by atoms with E-state index in [0.717, 1.165) is 12.0 Å². The summed E-state index contributed by atoms with van der Waals surface area (Å²) < 4.78 is 40.8. The van der Waals surface area contributed by atoms with E-state index in [4.69, 9.17) is 0 Å². The second kappa shape index (κ2) is 5.69. The number of aromatic nitrogens is 1. The van der Waals surface area contributed by atoms with Crippen LogP contribution in [0.15, 0.2) is 12.1 Å². The molecule has 0 saturated heterocycles. The number of hydrogen-bond donors (Lipinski definition) is 1. The zero-order chi connectivity index (χ0) is 14.9. The number of hydrogen-bond acceptors (Lipinski definition) is 2. The van der Waals surface area contributed by atoms with Gasteiger partial charge in [0.25, 0.3) is 0 Å². The Morgan fingerprint density at radius 2 is 1.85 bits per heavy atom. The lowest BCUT2D eigenvalue weighted by molar-refractivity contribution is 0.504. The van der Waals surface area contributed by atoms with Gasteiger partial charge in [-0.25, -0.2) is 18.2 Å². The Bertz CT molecular complexity index is 639. The van der Waals surface area contributed by atoms with Gasteiger partial charge in [0, 0.05) is 18.0 Å². The van der Waals surface area contributed by atoms with Crippen LogP contribution in [0, 0.1) is 17.5 Å². The van der Waals surface area contributed by atoms with Crippen molar-refractivity contribution < 1.29 is 13.2 Å². The van der Waals surface area contributed by atoms with Crippen LogP contribution < -0.4 is 5.32 Å². The van der Waals surface area contributed by atoms with Crippen LogP contribution in [0.25, 0.3) is 10.9 Å². The Kier molecular flexibility index (Phi) is 4.16. The number of fused-ring (bicyclic) bond motifs is 1. The summed E-state index contributed by atoms with van der Waals surface area (Å²) in [6.07, 6.45) is 0.872. The molecule has 2 aromatic rings. The van der Waals surface area contributed by atoms with Gasteiger partial charge in [0.15, 0.2) is 11.6 Å². The van der Waals surface area contributed by atoms with Crippen molar-refractivity contribution in [1.82, 2.24) is 4.98 Å². The average Bonchev–Trinajstić information content (AvgIpc) is 2.41. The molecule has 0 aliphatic heterocycles. The number of pyridine rings is 1. The van der Waals surface area contributed by atoms with E-state index in [1.807, 2.05) is 20.8 Å². The van der Waals surface area contributed by atoms with Crippen molar-refractivity contribution in [3.63, 3.8) is 0 Å². The van der Waals surface area contributed by atoms with Crippen molar-refractivity contribution in [2.45, 2.75) is 33.1 Å². The third-order valence-electron chi connectivity index (χ3n) is 3.14. The van der Waals surface area contributed by atoms with E-state index in [1.54, 1.807) is 6.07 Å². The van der Waals surface area contributed by atoms with Crippen LogP contribution in [0.4, 0.5) is 19.0 Å². The van der Waals surface area contributed by atoms with Crippen LogP contribution in [0.1, 0.15) is 38.7 Å². The fourth-order valence-electron chi connectivity index (χ4n) is 2.07. The fourth-order valence-corrected chi connectivity index (χ4v) is 2.07. The number of halogens is 3. The van der Waals surface area contributed by atoms with Crippen LogP contribution in [0.3, 0.4) is 0 Å². The monoisotopic (exact) mass is 282 g/mol. The SMILES string of the molecule is CCCNc1nc2c(F)c(F)cc(F)c2cc1C(C)C. The molecule has 1 aromatic heterocycles. The van der Waals surface area contributed by atoms with Crippen LogP contribution in [-0.4, -0.2) is 11.5 Å². The Balaban J connectivity index is 2.71. The fraction of sp³-hybridized carbons (Fsp3) is 0.400. The van der Waals surface area contributed by atoms with Gasteiger partial charge in [-0.05, 0) is 24.0 Å². The van der Waals surface area contributed by atoms with E-state index in [2.05, 4.69) is 10.3 Å². The number of nitrogens with one attached hydrogen (secondary N) is 1. The van der Waals surface area contributed by atoms with Gasteiger partial charge in [0.1, 0.15) is 17.2 Å². The van der Waals surface area contributed by atoms with Gasteiger partial charge in [-0.1, -0.05) is 20.8 Å². The average molecular weight is 282 g/mol. The quantitative estimate of drug-likeness (QED) is 0.829. The predicted molar refractivity (Wildman–Crippen MR) is 74.5 cm³/mol. The maximum absolute atomic E-state index is 13.8. The van der Waals surface area contributed by atoms with E-state index in [1.165, 1.54) is 0 Å². The van der Waals surface area contributed by atoms with Crippen LogP contribution in [0.2, 0.25) is 0 Å². The molecule has 0 atom stereocenters. The molecule has 0 radical (unpaired) electrons. The predicted octanol–water partition coefficient (Wildman–Crippen LogP) is 4.60. The smallest absolute Gasteiger partial charge is 0.185 e. The molecular formula is C15H17F3N2. The third-order valence-corrected chi connectivity index (χ3v) is 3.14. The first-order valence-electron chi connectivity index (χ1n) is 6.67. The highest BCUT2D eigenvalue weighted by Crippen LogP contribution is 2.30. The molecule has 0 unspecified atom stereocenters. The highest BCUT2D eigenvalue weighted by molar-refractivity contribution is 5.83. The Morgan fingerprint density at radius 3 is 2.45 bits per heavy atom. The maximum atomic E-state index is 13.8. The lowest BCUT2D eigenvalue weighted by atomic mass is 10.0. The first-order valence-corrected chi connectivity index (χ1v) is 6.67. The van der Waals surface area contributed by atoms with Crippen molar-refractivity contribution in [2.75, 3.05) is 11.9 Å². The largest absolute Gasteiger partial charge is 0.370 e. The van der Waals surface area contributed by atoms with Gasteiger partial charge in [-0.2, -0.15) is 0 Å². The molecule has 0 saturated carbocycles. The summed E-state index contributed by atoms with van der Waals surface area (Å²) in [6.45, 7) is 6.54. The summed E-state index contributed by atoms with van der Waals surface area (Å²) >= 11 is 0. The van der Waals surface area contributed by atoms with Gasteiger partial charge in [0.05, 0.1) is 0 Å². The molecule has 0 amide bonds. The van der Waals surface area contributed by atoms with Crippen molar-refractivity contribution >= 4 is 16.7 Å². The molecule has 5 heteroatoms. The minimum atomic E-state index is -1.22. The molecule has 2 rings (SSSR count). The molecule has 0 fully saturated rings. The van der Waals surface area contributed by atoms with Crippen molar-refractivity contribution in [1.29, 1.82) is 0 Å². The minimum Gasteiger partial charge on any atom is -0.370 e. The van der Waals surface area contributed by atoms with E-state index in [9.17, 15) is 13.2 Å². The van der Waals surface area contributed by atoms with E-state index in [0.29, 0.717) is 18.4 Å². The molecule has 1 N–H and O–H groups in total. The van der Waals surface area contributed by atoms with Crippen LogP contribution in [0.5, 0.6) is 0 Å².